The molecule has 50 valence electrons. The van der Waals surface area contributed by atoms with Crippen molar-refractivity contribution >= 4 is 0 Å². The summed E-state index contributed by atoms with van der Waals surface area (Å²) in [6.07, 6.45) is 0. The van der Waals surface area contributed by atoms with Crippen molar-refractivity contribution in [2.45, 2.75) is 0 Å². The molecule has 8 nitrogen and oxygen atoms in total. The molecule has 0 spiro atoms. The number of nitrogens with two attached hydrogens (primary N) is 1. The fourth-order valence-electron chi connectivity index (χ4n) is 0. The smallest absolute Gasteiger partial charge is 0.152 e. The summed E-state index contributed by atoms with van der Waals surface area (Å²) in [5, 5.41) is 28.5. The molecule has 0 rings (SSSR count). The van der Waals surface area contributed by atoms with E-state index in [0.717, 1.165) is 0 Å². The molecule has 0 aromatic heterocycles. The Kier molecular flexibility index (Phi) is 5.58. The molecule has 0 fully saturated rings. The highest BCUT2D eigenvalue weighted by Crippen LogP contribution is 1.67. The van der Waals surface area contributed by atoms with Gasteiger partial charge in [0.05, 0.1) is 0 Å². The highest BCUT2D eigenvalue weighted by atomic mass is 17.1. The third kappa shape index (κ3) is 143. The highest BCUT2D eigenvalue weighted by Gasteiger charge is 1.89. The van der Waals surface area contributed by atoms with Crippen LogP contribution in [0.3, 0.4) is 0 Å². The van der Waals surface area contributed by atoms with Crippen molar-refractivity contribution < 1.29 is 20.7 Å². The summed E-state index contributed by atoms with van der Waals surface area (Å²) in [4.78, 5) is 8.11. The van der Waals surface area contributed by atoms with E-state index in [9.17, 15) is 0 Å². The minimum atomic E-state index is -2.75. The number of quaternary nitrogens is 1. The van der Waals surface area contributed by atoms with Gasteiger partial charge < -0.3 is 10.4 Å². The van der Waals surface area contributed by atoms with Crippen molar-refractivity contribution in [3.63, 3.8) is 0 Å². The zero-order chi connectivity index (χ0) is 7.21. The third-order valence-electron chi connectivity index (χ3n) is 0. The van der Waals surface area contributed by atoms with Crippen LogP contribution in [0.4, 0.5) is 0 Å². The van der Waals surface area contributed by atoms with E-state index in [4.69, 9.17) is 25.7 Å². The lowest BCUT2D eigenvalue weighted by molar-refractivity contribution is -1.22. The van der Waals surface area contributed by atoms with Gasteiger partial charge >= 0.3 is 0 Å². The van der Waals surface area contributed by atoms with Crippen molar-refractivity contribution in [2.24, 2.45) is 11.2 Å². The molecule has 0 aliphatic rings. The number of hydrogen-bond donors (Lipinski definition) is 4. The topological polar surface area (TPSA) is 139 Å². The van der Waals surface area contributed by atoms with E-state index >= 15 is 0 Å². The Bertz CT molecular complexity index is 47.2. The van der Waals surface area contributed by atoms with Gasteiger partial charge in [0, 0.05) is 5.08 Å². The van der Waals surface area contributed by atoms with Gasteiger partial charge in [-0.05, 0) is 0 Å². The second kappa shape index (κ2) is 4.36. The van der Waals surface area contributed by atoms with Crippen LogP contribution in [0.25, 0.3) is 0 Å². The Labute approximate surface area is 43.3 Å². The molecule has 0 saturated heterocycles. The van der Waals surface area contributed by atoms with Crippen LogP contribution in [0.2, 0.25) is 0 Å². The maximum absolute atomic E-state index is 8.93. The van der Waals surface area contributed by atoms with Gasteiger partial charge in [-0.15, -0.1) is 10.7 Å². The van der Waals surface area contributed by atoms with Gasteiger partial charge in [-0.2, -0.15) is 10.4 Å². The molecule has 8 heteroatoms. The lowest BCUT2D eigenvalue weighted by atomic mass is 12.5. The van der Waals surface area contributed by atoms with Crippen molar-refractivity contribution in [2.75, 3.05) is 0 Å². The lowest BCUT2D eigenvalue weighted by Gasteiger charge is -2.13. The van der Waals surface area contributed by atoms with E-state index in [1.165, 1.54) is 5.34 Å². The van der Waals surface area contributed by atoms with Crippen LogP contribution in [0, 0.1) is 10.1 Å². The van der Waals surface area contributed by atoms with E-state index < -0.39 is 5.08 Å². The summed E-state index contributed by atoms with van der Waals surface area (Å²) in [6, 6.07) is 0. The maximum Gasteiger partial charge on any atom is 0.152 e. The third-order valence-corrected chi connectivity index (χ3v) is 0. The lowest BCUT2D eigenvalue weighted by Crippen LogP contribution is -2.41. The number of nitrogens with zero attached hydrogens (tertiary/aromatic N) is 2. The molecule has 0 amide bonds. The van der Waals surface area contributed by atoms with Crippen LogP contribution in [-0.2, 0) is 0 Å². The molecule has 0 aromatic rings. The number of hydrogen-bond acceptors (Lipinski definition) is 6. The summed E-state index contributed by atoms with van der Waals surface area (Å²) in [7, 11) is 0. The van der Waals surface area contributed by atoms with Gasteiger partial charge in [0.2, 0.25) is 0 Å². The van der Waals surface area contributed by atoms with Crippen LogP contribution in [0.15, 0.2) is 5.34 Å². The van der Waals surface area contributed by atoms with Gasteiger partial charge in [-0.1, -0.05) is 0 Å². The average molecular weight is 127 g/mol. The molecule has 0 aliphatic heterocycles. The van der Waals surface area contributed by atoms with E-state index in [1.54, 1.807) is 0 Å². The fourth-order valence-corrected chi connectivity index (χ4v) is 0. The second-order valence-corrected chi connectivity index (χ2v) is 0.671. The molecule has 0 atom stereocenters. The molecule has 0 bridgehead atoms. The molecule has 5 N–H and O–H groups in total. The second-order valence-electron chi connectivity index (χ2n) is 0.671. The SMILES string of the molecule is N[N+]([O-])(O)O.O=NO. The van der Waals surface area contributed by atoms with Crippen LogP contribution >= 0.6 is 0 Å². The molecule has 0 aliphatic carbocycles. The van der Waals surface area contributed by atoms with Crippen LogP contribution in [-0.4, -0.2) is 20.7 Å². The average Bonchev–Trinajstić information content (AvgIpc) is 1.27. The Morgan fingerprint density at radius 3 is 1.62 bits per heavy atom. The minimum absolute atomic E-state index is 1.25. The Morgan fingerprint density at radius 2 is 1.62 bits per heavy atom. The van der Waals surface area contributed by atoms with Crippen molar-refractivity contribution in [1.29, 1.82) is 0 Å². The minimum Gasteiger partial charge on any atom is -0.543 e. The van der Waals surface area contributed by atoms with Crippen molar-refractivity contribution in [1.82, 2.24) is 0 Å². The summed E-state index contributed by atoms with van der Waals surface area (Å²) in [5.41, 5.74) is 0. The van der Waals surface area contributed by atoms with Crippen molar-refractivity contribution in [3.05, 3.63) is 10.1 Å². The first-order chi connectivity index (χ1) is 3.41. The van der Waals surface area contributed by atoms with Gasteiger partial charge in [0.1, 0.15) is 0 Å². The standard InChI is InChI=1S/H4N2O3.HNO2/c1-2(3,4)5;2-1-3/h3-4H,1H2;(H,2,3). The molecule has 0 unspecified atom stereocenters. The predicted octanol–water partition coefficient (Wildman–Crippen LogP) is -0.905. The van der Waals surface area contributed by atoms with Gasteiger partial charge in [-0.3, -0.25) is 0 Å². The van der Waals surface area contributed by atoms with Gasteiger partial charge in [0.15, 0.2) is 5.34 Å². The predicted molar refractivity (Wildman–Crippen MR) is 19.0 cm³/mol. The molecule has 8 heavy (non-hydrogen) atoms. The maximum atomic E-state index is 8.93. The van der Waals surface area contributed by atoms with E-state index in [-0.39, 0.29) is 0 Å². The fraction of sp³-hybridized carbons (Fsp3) is 0. The van der Waals surface area contributed by atoms with E-state index in [0.29, 0.717) is 0 Å². The molecular weight excluding hydrogens is 122 g/mol. The van der Waals surface area contributed by atoms with E-state index in [1.807, 2.05) is 0 Å². The largest absolute Gasteiger partial charge is 0.543 e. The summed E-state index contributed by atoms with van der Waals surface area (Å²) in [5.74, 6) is 3.85. The molecule has 0 aromatic carbocycles. The Morgan fingerprint density at radius 1 is 1.62 bits per heavy atom. The van der Waals surface area contributed by atoms with Gasteiger partial charge in [-0.25, -0.2) is 0 Å². The summed E-state index contributed by atoms with van der Waals surface area (Å²) < 4.78 is 0. The van der Waals surface area contributed by atoms with E-state index in [2.05, 4.69) is 5.84 Å². The Balaban J connectivity index is 0. The van der Waals surface area contributed by atoms with Gasteiger partial charge in [0.25, 0.3) is 0 Å². The van der Waals surface area contributed by atoms with Crippen LogP contribution < -0.4 is 5.84 Å². The van der Waals surface area contributed by atoms with Crippen LogP contribution in [0.1, 0.15) is 0 Å². The first-order valence-electron chi connectivity index (χ1n) is 1.22. The normalized spacial score (nSPS) is 9.00. The molecule has 0 radical (unpaired) electrons. The zero-order valence-electron chi connectivity index (χ0n) is 3.63. The number of rotatable bonds is 0. The van der Waals surface area contributed by atoms with Crippen LogP contribution in [0.5, 0.6) is 0 Å². The highest BCUT2D eigenvalue weighted by molar-refractivity contribution is 3.83. The first kappa shape index (κ1) is 10.2. The molecular formula is H5N3O5. The molecule has 0 heterocycles. The quantitative estimate of drug-likeness (QED) is 0.144. The summed E-state index contributed by atoms with van der Waals surface area (Å²) in [6.45, 7) is 0. The molecule has 0 saturated carbocycles. The Hall–Kier alpha value is -0.800. The monoisotopic (exact) mass is 127 g/mol. The zero-order valence-corrected chi connectivity index (χ0v) is 3.63. The van der Waals surface area contributed by atoms with Crippen molar-refractivity contribution in [3.8, 4) is 0 Å². The summed E-state index contributed by atoms with van der Waals surface area (Å²) >= 11 is 0. The first-order valence-corrected chi connectivity index (χ1v) is 1.22.